The Morgan fingerprint density at radius 2 is 2.15 bits per heavy atom. The van der Waals surface area contributed by atoms with Gasteiger partial charge in [-0.15, -0.1) is 0 Å². The van der Waals surface area contributed by atoms with Crippen molar-refractivity contribution in [2.45, 2.75) is 19.1 Å². The number of nitrogens with zero attached hydrogens (tertiary/aromatic N) is 1. The van der Waals surface area contributed by atoms with Crippen molar-refractivity contribution in [1.29, 1.82) is 0 Å². The molecule has 6 heteroatoms. The van der Waals surface area contributed by atoms with Crippen LogP contribution < -0.4 is 10.6 Å². The van der Waals surface area contributed by atoms with Crippen molar-refractivity contribution < 1.29 is 17.9 Å². The van der Waals surface area contributed by atoms with Gasteiger partial charge in [0.1, 0.15) is 0 Å². The monoisotopic (exact) mass is 288 g/mol. The summed E-state index contributed by atoms with van der Waals surface area (Å²) in [4.78, 5) is 1.97. The van der Waals surface area contributed by atoms with Gasteiger partial charge in [-0.3, -0.25) is 0 Å². The third-order valence-corrected chi connectivity index (χ3v) is 3.67. The number of methoxy groups -OCH3 is 1. The van der Waals surface area contributed by atoms with Gasteiger partial charge in [0.15, 0.2) is 0 Å². The molecular formula is C14H19F3N2O. The smallest absolute Gasteiger partial charge is 0.384 e. The molecule has 3 nitrogen and oxygen atoms in total. The van der Waals surface area contributed by atoms with E-state index in [1.807, 2.05) is 4.90 Å². The zero-order valence-electron chi connectivity index (χ0n) is 11.4. The molecule has 1 heterocycles. The number of anilines is 1. The molecule has 2 N–H and O–H groups in total. The molecule has 1 fully saturated rings. The molecule has 2 rings (SSSR count). The van der Waals surface area contributed by atoms with Crippen LogP contribution in [0, 0.1) is 5.92 Å². The fraction of sp³-hybridized carbons (Fsp3) is 0.571. The maximum atomic E-state index is 13.0. The van der Waals surface area contributed by atoms with Crippen molar-refractivity contribution in [1.82, 2.24) is 0 Å². The Kier molecular flexibility index (Phi) is 4.55. The van der Waals surface area contributed by atoms with Gasteiger partial charge in [0.25, 0.3) is 0 Å². The summed E-state index contributed by atoms with van der Waals surface area (Å²) in [5.74, 6) is 0.378. The number of nitrogens with two attached hydrogens (primary N) is 1. The van der Waals surface area contributed by atoms with Crippen molar-refractivity contribution >= 4 is 5.69 Å². The average molecular weight is 288 g/mol. The molecule has 0 bridgehead atoms. The zero-order chi connectivity index (χ0) is 14.8. The fourth-order valence-electron chi connectivity index (χ4n) is 2.64. The Labute approximate surface area is 116 Å². The van der Waals surface area contributed by atoms with E-state index < -0.39 is 11.7 Å². The molecule has 1 atom stereocenters. The van der Waals surface area contributed by atoms with Gasteiger partial charge in [0.05, 0.1) is 12.2 Å². The third kappa shape index (κ3) is 3.24. The van der Waals surface area contributed by atoms with E-state index in [0.29, 0.717) is 18.2 Å². The molecule has 0 spiro atoms. The molecule has 0 saturated carbocycles. The van der Waals surface area contributed by atoms with Gasteiger partial charge in [0.2, 0.25) is 0 Å². The van der Waals surface area contributed by atoms with Gasteiger partial charge in [-0.2, -0.15) is 13.2 Å². The van der Waals surface area contributed by atoms with E-state index in [1.165, 1.54) is 12.1 Å². The number of ether oxygens (including phenoxy) is 1. The second-order valence-corrected chi connectivity index (χ2v) is 5.10. The first-order valence-corrected chi connectivity index (χ1v) is 6.59. The number of hydrogen-bond acceptors (Lipinski definition) is 3. The average Bonchev–Trinajstić information content (AvgIpc) is 2.86. The summed E-state index contributed by atoms with van der Waals surface area (Å²) >= 11 is 0. The van der Waals surface area contributed by atoms with Gasteiger partial charge < -0.3 is 15.4 Å². The van der Waals surface area contributed by atoms with E-state index in [0.717, 1.165) is 19.5 Å². The van der Waals surface area contributed by atoms with Gasteiger partial charge >= 0.3 is 6.18 Å². The highest BCUT2D eigenvalue weighted by molar-refractivity contribution is 5.52. The van der Waals surface area contributed by atoms with Crippen LogP contribution in [0.25, 0.3) is 0 Å². The Hall–Kier alpha value is -1.27. The molecule has 0 aliphatic carbocycles. The second-order valence-electron chi connectivity index (χ2n) is 5.10. The molecule has 1 aliphatic heterocycles. The topological polar surface area (TPSA) is 38.5 Å². The van der Waals surface area contributed by atoms with Crippen LogP contribution in [0.4, 0.5) is 18.9 Å². The Morgan fingerprint density at radius 1 is 1.40 bits per heavy atom. The summed E-state index contributed by atoms with van der Waals surface area (Å²) in [6, 6.07) is 4.39. The quantitative estimate of drug-likeness (QED) is 0.925. The zero-order valence-corrected chi connectivity index (χ0v) is 11.4. The van der Waals surface area contributed by atoms with Gasteiger partial charge in [-0.1, -0.05) is 6.07 Å². The minimum absolute atomic E-state index is 0.110. The standard InChI is InChI=1S/C14H19F3N2O/c1-20-9-10-4-5-19(8-10)12-3-2-11(7-18)13(6-12)14(15,16)17/h2-3,6,10H,4-5,7-9,18H2,1H3. The highest BCUT2D eigenvalue weighted by Gasteiger charge is 2.34. The second kappa shape index (κ2) is 6.01. The molecule has 0 aromatic heterocycles. The van der Waals surface area contributed by atoms with Gasteiger partial charge in [0, 0.05) is 38.3 Å². The Morgan fingerprint density at radius 3 is 2.75 bits per heavy atom. The predicted molar refractivity (Wildman–Crippen MR) is 71.5 cm³/mol. The minimum Gasteiger partial charge on any atom is -0.384 e. The normalized spacial score (nSPS) is 19.6. The number of alkyl halides is 3. The fourth-order valence-corrected chi connectivity index (χ4v) is 2.64. The first-order chi connectivity index (χ1) is 9.45. The molecule has 1 unspecified atom stereocenters. The molecule has 1 saturated heterocycles. The highest BCUT2D eigenvalue weighted by Crippen LogP contribution is 2.35. The predicted octanol–water partition coefficient (Wildman–Crippen LogP) is 2.64. The van der Waals surface area contributed by atoms with E-state index in [4.69, 9.17) is 10.5 Å². The molecule has 1 aromatic carbocycles. The molecule has 112 valence electrons. The molecule has 20 heavy (non-hydrogen) atoms. The van der Waals surface area contributed by atoms with E-state index in [1.54, 1.807) is 13.2 Å². The lowest BCUT2D eigenvalue weighted by atomic mass is 10.1. The van der Waals surface area contributed by atoms with E-state index in [-0.39, 0.29) is 12.1 Å². The molecule has 1 aromatic rings. The number of halogens is 3. The van der Waals surface area contributed by atoms with E-state index >= 15 is 0 Å². The molecule has 1 aliphatic rings. The van der Waals surface area contributed by atoms with Crippen LogP contribution in [0.3, 0.4) is 0 Å². The summed E-state index contributed by atoms with van der Waals surface area (Å²) < 4.78 is 44.1. The summed E-state index contributed by atoms with van der Waals surface area (Å²) in [6.45, 7) is 2.02. The van der Waals surface area contributed by atoms with Crippen LogP contribution >= 0.6 is 0 Å². The van der Waals surface area contributed by atoms with Gasteiger partial charge in [-0.05, 0) is 24.1 Å². The van der Waals surface area contributed by atoms with E-state index in [9.17, 15) is 13.2 Å². The lowest BCUT2D eigenvalue weighted by Crippen LogP contribution is -2.22. The maximum absolute atomic E-state index is 13.0. The van der Waals surface area contributed by atoms with Crippen LogP contribution in [-0.4, -0.2) is 26.8 Å². The number of rotatable bonds is 4. The molecular weight excluding hydrogens is 269 g/mol. The van der Waals surface area contributed by atoms with Crippen molar-refractivity contribution in [3.05, 3.63) is 29.3 Å². The Balaban J connectivity index is 2.22. The van der Waals surface area contributed by atoms with Crippen molar-refractivity contribution in [2.75, 3.05) is 31.7 Å². The van der Waals surface area contributed by atoms with Crippen LogP contribution in [0.15, 0.2) is 18.2 Å². The SMILES string of the molecule is COCC1CCN(c2ccc(CN)c(C(F)(F)F)c2)C1. The number of benzene rings is 1. The largest absolute Gasteiger partial charge is 0.416 e. The highest BCUT2D eigenvalue weighted by atomic mass is 19.4. The summed E-state index contributed by atoms with van der Waals surface area (Å²) in [5.41, 5.74) is 5.49. The minimum atomic E-state index is -4.36. The summed E-state index contributed by atoms with van der Waals surface area (Å²) in [7, 11) is 1.64. The first-order valence-electron chi connectivity index (χ1n) is 6.59. The lowest BCUT2D eigenvalue weighted by molar-refractivity contribution is -0.138. The van der Waals surface area contributed by atoms with Crippen LogP contribution in [0.5, 0.6) is 0 Å². The maximum Gasteiger partial charge on any atom is 0.416 e. The van der Waals surface area contributed by atoms with Crippen LogP contribution in [-0.2, 0) is 17.5 Å². The third-order valence-electron chi connectivity index (χ3n) is 3.67. The Bertz CT molecular complexity index is 462. The van der Waals surface area contributed by atoms with Crippen LogP contribution in [0.2, 0.25) is 0 Å². The van der Waals surface area contributed by atoms with Crippen LogP contribution in [0.1, 0.15) is 17.5 Å². The summed E-state index contributed by atoms with van der Waals surface area (Å²) in [5, 5.41) is 0. The lowest BCUT2D eigenvalue weighted by Gasteiger charge is -2.21. The van der Waals surface area contributed by atoms with Crippen molar-refractivity contribution in [3.63, 3.8) is 0 Å². The molecule has 0 amide bonds. The summed E-state index contributed by atoms with van der Waals surface area (Å²) in [6.07, 6.45) is -3.43. The molecule has 0 radical (unpaired) electrons. The first kappa shape index (κ1) is 15.1. The van der Waals surface area contributed by atoms with Gasteiger partial charge in [-0.25, -0.2) is 0 Å². The van der Waals surface area contributed by atoms with Crippen molar-refractivity contribution in [2.24, 2.45) is 11.7 Å². The van der Waals surface area contributed by atoms with Crippen molar-refractivity contribution in [3.8, 4) is 0 Å². The van der Waals surface area contributed by atoms with E-state index in [2.05, 4.69) is 0 Å². The number of hydrogen-bond donors (Lipinski definition) is 1.